The van der Waals surface area contributed by atoms with Gasteiger partial charge >= 0.3 is 6.03 Å². The van der Waals surface area contributed by atoms with E-state index in [0.717, 1.165) is 15.7 Å². The van der Waals surface area contributed by atoms with Crippen molar-refractivity contribution in [3.63, 3.8) is 0 Å². The van der Waals surface area contributed by atoms with Gasteiger partial charge in [0.1, 0.15) is 6.04 Å². The lowest BCUT2D eigenvalue weighted by atomic mass is 10.1. The van der Waals surface area contributed by atoms with Gasteiger partial charge in [0.25, 0.3) is 0 Å². The molecule has 6 heteroatoms. The molecule has 1 aliphatic rings. The van der Waals surface area contributed by atoms with Crippen LogP contribution in [0, 0.1) is 6.92 Å². The van der Waals surface area contributed by atoms with Crippen LogP contribution >= 0.6 is 15.9 Å². The van der Waals surface area contributed by atoms with Crippen molar-refractivity contribution in [2.45, 2.75) is 26.3 Å². The highest BCUT2D eigenvalue weighted by molar-refractivity contribution is 9.10. The summed E-state index contributed by atoms with van der Waals surface area (Å²) in [5.74, 6) is -0.0835. The van der Waals surface area contributed by atoms with Gasteiger partial charge in [0.2, 0.25) is 5.91 Å². The van der Waals surface area contributed by atoms with E-state index in [4.69, 9.17) is 0 Å². The van der Waals surface area contributed by atoms with E-state index in [1.807, 2.05) is 32.0 Å². The van der Waals surface area contributed by atoms with Crippen LogP contribution < -0.4 is 10.6 Å². The van der Waals surface area contributed by atoms with Crippen molar-refractivity contribution in [1.29, 1.82) is 0 Å². The molecule has 0 saturated carbocycles. The number of carbonyl (C=O) groups is 2. The highest BCUT2D eigenvalue weighted by Gasteiger charge is 2.31. The smallest absolute Gasteiger partial charge is 0.322 e. The first-order valence-electron chi connectivity index (χ1n) is 6.65. The highest BCUT2D eigenvalue weighted by atomic mass is 79.9. The predicted octanol–water partition coefficient (Wildman–Crippen LogP) is 2.50. The van der Waals surface area contributed by atoms with Crippen molar-refractivity contribution >= 4 is 33.6 Å². The van der Waals surface area contributed by atoms with Gasteiger partial charge in [-0.1, -0.05) is 28.9 Å². The number of rotatable bonds is 2. The molecule has 1 unspecified atom stereocenters. The molecule has 3 amide bonds. The second-order valence-electron chi connectivity index (χ2n) is 4.75. The molecule has 5 nitrogen and oxygen atoms in total. The maximum Gasteiger partial charge on any atom is 0.322 e. The SMILES string of the molecule is CCC1C(=O)NCCN1C(=O)Nc1cccc(Br)c1C. The quantitative estimate of drug-likeness (QED) is 0.869. The van der Waals surface area contributed by atoms with Crippen molar-refractivity contribution in [3.8, 4) is 0 Å². The van der Waals surface area contributed by atoms with Gasteiger partial charge in [-0.2, -0.15) is 0 Å². The van der Waals surface area contributed by atoms with Crippen LogP contribution in [-0.2, 0) is 4.79 Å². The Bertz CT molecular complexity index is 533. The van der Waals surface area contributed by atoms with E-state index >= 15 is 0 Å². The molecule has 108 valence electrons. The van der Waals surface area contributed by atoms with E-state index in [2.05, 4.69) is 26.6 Å². The standard InChI is InChI=1S/C14H18BrN3O2/c1-3-12-13(19)16-7-8-18(12)14(20)17-11-6-4-5-10(15)9(11)2/h4-6,12H,3,7-8H2,1-2H3,(H,16,19)(H,17,20). The Balaban J connectivity index is 2.15. The van der Waals surface area contributed by atoms with Gasteiger partial charge in [0, 0.05) is 23.2 Å². The number of amides is 3. The first-order valence-corrected chi connectivity index (χ1v) is 7.44. The minimum Gasteiger partial charge on any atom is -0.353 e. The molecule has 2 rings (SSSR count). The van der Waals surface area contributed by atoms with Crippen LogP contribution in [0.25, 0.3) is 0 Å². The van der Waals surface area contributed by atoms with Gasteiger partial charge in [-0.25, -0.2) is 4.79 Å². The molecule has 0 aromatic heterocycles. The normalized spacial score (nSPS) is 18.6. The van der Waals surface area contributed by atoms with E-state index in [1.165, 1.54) is 0 Å². The van der Waals surface area contributed by atoms with E-state index in [9.17, 15) is 9.59 Å². The number of piperazine rings is 1. The molecular formula is C14H18BrN3O2. The number of nitrogens with one attached hydrogen (secondary N) is 2. The molecule has 0 radical (unpaired) electrons. The number of urea groups is 1. The molecule has 0 aliphatic carbocycles. The summed E-state index contributed by atoms with van der Waals surface area (Å²) in [5, 5.41) is 5.67. The third-order valence-corrected chi connectivity index (χ3v) is 4.35. The van der Waals surface area contributed by atoms with Crippen molar-refractivity contribution < 1.29 is 9.59 Å². The Kier molecular flexibility index (Phi) is 4.65. The van der Waals surface area contributed by atoms with Crippen LogP contribution in [0.4, 0.5) is 10.5 Å². The summed E-state index contributed by atoms with van der Waals surface area (Å²) in [6.07, 6.45) is 0.608. The molecule has 1 saturated heterocycles. The summed E-state index contributed by atoms with van der Waals surface area (Å²) in [5.41, 5.74) is 1.72. The van der Waals surface area contributed by atoms with Crippen LogP contribution in [0.2, 0.25) is 0 Å². The predicted molar refractivity (Wildman–Crippen MR) is 81.7 cm³/mol. The van der Waals surface area contributed by atoms with E-state index < -0.39 is 6.04 Å². The third-order valence-electron chi connectivity index (χ3n) is 3.49. The lowest BCUT2D eigenvalue weighted by Gasteiger charge is -2.34. The molecule has 1 heterocycles. The summed E-state index contributed by atoms with van der Waals surface area (Å²) in [7, 11) is 0. The summed E-state index contributed by atoms with van der Waals surface area (Å²) in [6, 6.07) is 5.02. The first kappa shape index (κ1) is 14.8. The van der Waals surface area contributed by atoms with Gasteiger partial charge < -0.3 is 15.5 Å². The van der Waals surface area contributed by atoms with Gasteiger partial charge in [-0.3, -0.25) is 4.79 Å². The molecule has 0 bridgehead atoms. The van der Waals surface area contributed by atoms with Gasteiger partial charge in [-0.15, -0.1) is 0 Å². The fourth-order valence-electron chi connectivity index (χ4n) is 2.29. The Hall–Kier alpha value is -1.56. The van der Waals surface area contributed by atoms with Gasteiger partial charge in [-0.05, 0) is 31.0 Å². The van der Waals surface area contributed by atoms with Crippen molar-refractivity contribution in [3.05, 3.63) is 28.2 Å². The zero-order valence-electron chi connectivity index (χ0n) is 11.6. The fourth-order valence-corrected chi connectivity index (χ4v) is 2.66. The maximum absolute atomic E-state index is 12.4. The third kappa shape index (κ3) is 2.95. The number of anilines is 1. The van der Waals surface area contributed by atoms with Crippen LogP contribution in [0.1, 0.15) is 18.9 Å². The zero-order chi connectivity index (χ0) is 14.7. The topological polar surface area (TPSA) is 61.4 Å². The summed E-state index contributed by atoms with van der Waals surface area (Å²) >= 11 is 3.44. The van der Waals surface area contributed by atoms with Crippen molar-refractivity contribution in [2.24, 2.45) is 0 Å². The molecule has 0 spiro atoms. The van der Waals surface area contributed by atoms with Gasteiger partial charge in [0.15, 0.2) is 0 Å². The molecule has 1 aromatic carbocycles. The minimum atomic E-state index is -0.392. The average molecular weight is 340 g/mol. The molecule has 20 heavy (non-hydrogen) atoms. The molecule has 1 atom stereocenters. The second-order valence-corrected chi connectivity index (χ2v) is 5.61. The van der Waals surface area contributed by atoms with Crippen molar-refractivity contribution in [1.82, 2.24) is 10.2 Å². The molecule has 1 aliphatic heterocycles. The Labute approximate surface area is 126 Å². The summed E-state index contributed by atoms with van der Waals surface area (Å²) in [4.78, 5) is 25.7. The monoisotopic (exact) mass is 339 g/mol. The zero-order valence-corrected chi connectivity index (χ0v) is 13.2. The van der Waals surface area contributed by atoms with Crippen molar-refractivity contribution in [2.75, 3.05) is 18.4 Å². The second kappa shape index (κ2) is 6.26. The van der Waals surface area contributed by atoms with Crippen LogP contribution in [0.5, 0.6) is 0 Å². The van der Waals surface area contributed by atoms with E-state index in [0.29, 0.717) is 19.5 Å². The number of nitrogens with zero attached hydrogens (tertiary/aromatic N) is 1. The average Bonchev–Trinajstić information content (AvgIpc) is 2.43. The Morgan fingerprint density at radius 3 is 3.00 bits per heavy atom. The molecule has 1 fully saturated rings. The van der Waals surface area contributed by atoms with Gasteiger partial charge in [0.05, 0.1) is 0 Å². The van der Waals surface area contributed by atoms with E-state index in [1.54, 1.807) is 4.90 Å². The molecule has 1 aromatic rings. The first-order chi connectivity index (χ1) is 9.54. The number of benzene rings is 1. The summed E-state index contributed by atoms with van der Waals surface area (Å²) in [6.45, 7) is 4.86. The van der Waals surface area contributed by atoms with Crippen LogP contribution in [0.3, 0.4) is 0 Å². The maximum atomic E-state index is 12.4. The number of hydrogen-bond acceptors (Lipinski definition) is 2. The lowest BCUT2D eigenvalue weighted by molar-refractivity contribution is -0.127. The molecular weight excluding hydrogens is 322 g/mol. The minimum absolute atomic E-state index is 0.0835. The highest BCUT2D eigenvalue weighted by Crippen LogP contribution is 2.24. The van der Waals surface area contributed by atoms with Crippen LogP contribution in [-0.4, -0.2) is 36.0 Å². The Morgan fingerprint density at radius 1 is 1.55 bits per heavy atom. The van der Waals surface area contributed by atoms with Crippen LogP contribution in [0.15, 0.2) is 22.7 Å². The lowest BCUT2D eigenvalue weighted by Crippen LogP contribution is -2.57. The largest absolute Gasteiger partial charge is 0.353 e. The number of carbonyl (C=O) groups excluding carboxylic acids is 2. The fraction of sp³-hybridized carbons (Fsp3) is 0.429. The Morgan fingerprint density at radius 2 is 2.30 bits per heavy atom. The number of halogens is 1. The summed E-state index contributed by atoms with van der Waals surface area (Å²) < 4.78 is 0.943. The number of hydrogen-bond donors (Lipinski definition) is 2. The molecule has 2 N–H and O–H groups in total. The van der Waals surface area contributed by atoms with E-state index in [-0.39, 0.29) is 11.9 Å².